The maximum atomic E-state index is 11.7. The summed E-state index contributed by atoms with van der Waals surface area (Å²) in [7, 11) is -0.470. The lowest BCUT2D eigenvalue weighted by molar-refractivity contribution is -0.0960. The average Bonchev–Trinajstić information content (AvgIpc) is 2.49. The van der Waals surface area contributed by atoms with Gasteiger partial charge in [-0.15, -0.1) is 0 Å². The van der Waals surface area contributed by atoms with Gasteiger partial charge in [-0.05, 0) is 12.0 Å². The molecule has 1 rings (SSSR count). The molecule has 0 amide bonds. The van der Waals surface area contributed by atoms with Gasteiger partial charge < -0.3 is 14.2 Å². The Balaban J connectivity index is 2.16. The zero-order valence-corrected chi connectivity index (χ0v) is 13.3. The van der Waals surface area contributed by atoms with Crippen molar-refractivity contribution in [2.45, 2.75) is 12.7 Å². The summed E-state index contributed by atoms with van der Waals surface area (Å²) >= 11 is 0. The van der Waals surface area contributed by atoms with E-state index >= 15 is 0 Å². The molecule has 1 aromatic carbocycles. The van der Waals surface area contributed by atoms with Crippen molar-refractivity contribution in [1.29, 1.82) is 0 Å². The lowest BCUT2D eigenvalue weighted by Crippen LogP contribution is -2.36. The Bertz CT molecular complexity index is 473. The van der Waals surface area contributed by atoms with E-state index in [4.69, 9.17) is 14.2 Å². The molecular formula is C14H23NO5S. The number of hydrogen-bond acceptors (Lipinski definition) is 5. The Morgan fingerprint density at radius 2 is 1.76 bits per heavy atom. The highest BCUT2D eigenvalue weighted by molar-refractivity contribution is 7.89. The first kappa shape index (κ1) is 18.1. The fourth-order valence-electron chi connectivity index (χ4n) is 1.64. The third-order valence-corrected chi connectivity index (χ3v) is 4.18. The lowest BCUT2D eigenvalue weighted by atomic mass is 10.2. The summed E-state index contributed by atoms with van der Waals surface area (Å²) in [6, 6.07) is 9.90. The van der Waals surface area contributed by atoms with Gasteiger partial charge in [0.25, 0.3) is 0 Å². The Kier molecular flexibility index (Phi) is 8.48. The van der Waals surface area contributed by atoms with Gasteiger partial charge in [-0.2, -0.15) is 0 Å². The van der Waals surface area contributed by atoms with Gasteiger partial charge in [0.15, 0.2) is 6.29 Å². The number of sulfonamides is 1. The molecule has 0 fully saturated rings. The molecule has 0 heterocycles. The van der Waals surface area contributed by atoms with E-state index in [1.54, 1.807) is 0 Å². The number of hydrogen-bond donors (Lipinski definition) is 1. The topological polar surface area (TPSA) is 73.9 Å². The van der Waals surface area contributed by atoms with Crippen LogP contribution in [0.25, 0.3) is 0 Å². The molecule has 0 spiro atoms. The largest absolute Gasteiger partial charge is 0.380 e. The van der Waals surface area contributed by atoms with Gasteiger partial charge in [0.2, 0.25) is 10.0 Å². The number of rotatable bonds is 11. The van der Waals surface area contributed by atoms with Crippen molar-refractivity contribution in [3.8, 4) is 0 Å². The fourth-order valence-corrected chi connectivity index (χ4v) is 2.51. The quantitative estimate of drug-likeness (QED) is 0.482. The van der Waals surface area contributed by atoms with Crippen molar-refractivity contribution in [1.82, 2.24) is 4.72 Å². The molecule has 6 nitrogen and oxygen atoms in total. The van der Waals surface area contributed by atoms with Gasteiger partial charge in [-0.3, -0.25) is 0 Å². The van der Waals surface area contributed by atoms with Crippen molar-refractivity contribution in [3.05, 3.63) is 35.9 Å². The van der Waals surface area contributed by atoms with Gasteiger partial charge in [-0.1, -0.05) is 30.3 Å². The summed E-state index contributed by atoms with van der Waals surface area (Å²) in [6.07, 6.45) is 0.183. The summed E-state index contributed by atoms with van der Waals surface area (Å²) in [5.41, 5.74) is 1.17. The van der Waals surface area contributed by atoms with Gasteiger partial charge in [0.1, 0.15) is 0 Å². The van der Waals surface area contributed by atoms with Gasteiger partial charge in [0, 0.05) is 14.2 Å². The van der Waals surface area contributed by atoms with E-state index in [-0.39, 0.29) is 18.9 Å². The highest BCUT2D eigenvalue weighted by Crippen LogP contribution is 1.99. The standard InChI is InChI=1S/C14H23NO5S/c1-18-14(19-2)12-15-21(16,17)11-10-20-9-8-13-6-4-3-5-7-13/h3-7,14-15H,8-12H2,1-2H3. The zero-order chi connectivity index (χ0) is 15.6. The third-order valence-electron chi connectivity index (χ3n) is 2.87. The van der Waals surface area contributed by atoms with E-state index in [1.807, 2.05) is 30.3 Å². The molecular weight excluding hydrogens is 294 g/mol. The second-order valence-electron chi connectivity index (χ2n) is 4.42. The molecule has 0 aromatic heterocycles. The summed E-state index contributed by atoms with van der Waals surface area (Å²) in [5, 5.41) is 0. The van der Waals surface area contributed by atoms with Crippen LogP contribution in [0.1, 0.15) is 5.56 Å². The third kappa shape index (κ3) is 8.13. The van der Waals surface area contributed by atoms with E-state index in [9.17, 15) is 8.42 Å². The minimum atomic E-state index is -3.38. The van der Waals surface area contributed by atoms with Crippen LogP contribution >= 0.6 is 0 Å². The fraction of sp³-hybridized carbons (Fsp3) is 0.571. The number of methoxy groups -OCH3 is 2. The van der Waals surface area contributed by atoms with Crippen molar-refractivity contribution in [2.75, 3.05) is 39.7 Å². The minimum Gasteiger partial charge on any atom is -0.380 e. The first-order valence-electron chi connectivity index (χ1n) is 6.72. The molecule has 120 valence electrons. The molecule has 0 bridgehead atoms. The Morgan fingerprint density at radius 1 is 1.10 bits per heavy atom. The summed E-state index contributed by atoms with van der Waals surface area (Å²) < 4.78 is 41.0. The molecule has 7 heteroatoms. The maximum absolute atomic E-state index is 11.7. The predicted octanol–water partition coefficient (Wildman–Crippen LogP) is 0.784. The van der Waals surface area contributed by atoms with Crippen LogP contribution < -0.4 is 4.72 Å². The minimum absolute atomic E-state index is 0.0814. The molecule has 0 saturated carbocycles. The normalized spacial score (nSPS) is 12.0. The summed E-state index contributed by atoms with van der Waals surface area (Å²) in [5.74, 6) is -0.0814. The van der Waals surface area contributed by atoms with Crippen molar-refractivity contribution >= 4 is 10.0 Å². The van der Waals surface area contributed by atoms with E-state index < -0.39 is 16.3 Å². The smallest absolute Gasteiger partial charge is 0.214 e. The molecule has 0 atom stereocenters. The van der Waals surface area contributed by atoms with E-state index in [0.717, 1.165) is 6.42 Å². The van der Waals surface area contributed by atoms with Crippen LogP contribution in [0.4, 0.5) is 0 Å². The highest BCUT2D eigenvalue weighted by Gasteiger charge is 2.13. The monoisotopic (exact) mass is 317 g/mol. The molecule has 0 aliphatic heterocycles. The molecule has 0 aliphatic carbocycles. The predicted molar refractivity (Wildman–Crippen MR) is 80.6 cm³/mol. The number of benzene rings is 1. The van der Waals surface area contributed by atoms with E-state index in [0.29, 0.717) is 6.61 Å². The SMILES string of the molecule is COC(CNS(=O)(=O)CCOCCc1ccccc1)OC. The van der Waals surface area contributed by atoms with Gasteiger partial charge in [-0.25, -0.2) is 13.1 Å². The molecule has 1 aromatic rings. The summed E-state index contributed by atoms with van der Waals surface area (Å²) in [4.78, 5) is 0. The van der Waals surface area contributed by atoms with Gasteiger partial charge in [0.05, 0.1) is 25.5 Å². The van der Waals surface area contributed by atoms with Crippen LogP contribution in [-0.2, 0) is 30.7 Å². The Labute approximate surface area is 126 Å². The van der Waals surface area contributed by atoms with Crippen LogP contribution in [0, 0.1) is 0 Å². The summed E-state index contributed by atoms with van der Waals surface area (Å²) in [6.45, 7) is 0.741. The first-order chi connectivity index (χ1) is 10.1. The van der Waals surface area contributed by atoms with Crippen LogP contribution in [0.3, 0.4) is 0 Å². The van der Waals surface area contributed by atoms with Crippen molar-refractivity contribution in [3.63, 3.8) is 0 Å². The second-order valence-corrected chi connectivity index (χ2v) is 6.34. The molecule has 1 N–H and O–H groups in total. The molecule has 0 unspecified atom stereocenters. The molecule has 21 heavy (non-hydrogen) atoms. The van der Waals surface area contributed by atoms with Crippen molar-refractivity contribution in [2.24, 2.45) is 0 Å². The van der Waals surface area contributed by atoms with Crippen molar-refractivity contribution < 1.29 is 22.6 Å². The first-order valence-corrected chi connectivity index (χ1v) is 8.37. The lowest BCUT2D eigenvalue weighted by Gasteiger charge is -2.14. The van der Waals surface area contributed by atoms with Gasteiger partial charge >= 0.3 is 0 Å². The van der Waals surface area contributed by atoms with Crippen LogP contribution in [0.5, 0.6) is 0 Å². The zero-order valence-electron chi connectivity index (χ0n) is 12.4. The highest BCUT2D eigenvalue weighted by atomic mass is 32.2. The molecule has 0 radical (unpaired) electrons. The Morgan fingerprint density at radius 3 is 2.38 bits per heavy atom. The molecule has 0 aliphatic rings. The number of ether oxygens (including phenoxy) is 3. The second kappa shape index (κ2) is 9.86. The van der Waals surface area contributed by atoms with Crippen LogP contribution in [0.15, 0.2) is 30.3 Å². The molecule has 0 saturated heterocycles. The van der Waals surface area contributed by atoms with E-state index in [2.05, 4.69) is 4.72 Å². The van der Waals surface area contributed by atoms with Crippen LogP contribution in [0.2, 0.25) is 0 Å². The average molecular weight is 317 g/mol. The number of nitrogens with one attached hydrogen (secondary N) is 1. The Hall–Kier alpha value is -0.990. The van der Waals surface area contributed by atoms with Crippen LogP contribution in [-0.4, -0.2) is 54.4 Å². The maximum Gasteiger partial charge on any atom is 0.214 e. The van der Waals surface area contributed by atoms with E-state index in [1.165, 1.54) is 19.8 Å².